The van der Waals surface area contributed by atoms with Crippen LogP contribution in [0, 0.1) is 18.3 Å². The minimum absolute atomic E-state index is 0.0412. The number of sulfone groups is 1. The van der Waals surface area contributed by atoms with Crippen LogP contribution in [0.3, 0.4) is 0 Å². The Morgan fingerprint density at radius 2 is 2.21 bits per heavy atom. The first kappa shape index (κ1) is 16.6. The highest BCUT2D eigenvalue weighted by Crippen LogP contribution is 2.31. The molecule has 1 unspecified atom stereocenters. The quantitative estimate of drug-likeness (QED) is 0.798. The van der Waals surface area contributed by atoms with Crippen LogP contribution >= 0.6 is 0 Å². The van der Waals surface area contributed by atoms with Crippen molar-refractivity contribution in [3.8, 4) is 0 Å². The molecule has 0 radical (unpaired) electrons. The van der Waals surface area contributed by atoms with Gasteiger partial charge in [-0.2, -0.15) is 0 Å². The van der Waals surface area contributed by atoms with Gasteiger partial charge in [-0.3, -0.25) is 0 Å². The van der Waals surface area contributed by atoms with E-state index in [4.69, 9.17) is 6.57 Å². The Hall–Kier alpha value is -2.27. The van der Waals surface area contributed by atoms with Crippen LogP contribution in [-0.4, -0.2) is 43.5 Å². The Bertz CT molecular complexity index is 924. The summed E-state index contributed by atoms with van der Waals surface area (Å²) in [5.74, 6) is 0.215. The number of fused-ring (bicyclic) bond motifs is 1. The summed E-state index contributed by atoms with van der Waals surface area (Å²) in [6.45, 7) is 8.39. The van der Waals surface area contributed by atoms with Crippen LogP contribution in [0.2, 0.25) is 0 Å². The molecule has 1 aliphatic rings. The van der Waals surface area contributed by atoms with Crippen LogP contribution in [0.4, 0.5) is 15.9 Å². The predicted molar refractivity (Wildman–Crippen MR) is 90.4 cm³/mol. The van der Waals surface area contributed by atoms with Crippen molar-refractivity contribution in [1.29, 1.82) is 0 Å². The summed E-state index contributed by atoms with van der Waals surface area (Å²) in [4.78, 5) is 13.6. The maximum atomic E-state index is 13.8. The third kappa shape index (κ3) is 3.46. The van der Waals surface area contributed by atoms with Crippen LogP contribution in [0.25, 0.3) is 15.7 Å². The van der Waals surface area contributed by atoms with Crippen molar-refractivity contribution >= 4 is 32.2 Å². The highest BCUT2D eigenvalue weighted by Gasteiger charge is 2.25. The normalized spacial score (nSPS) is 18.5. The standard InChI is InChI=1S/C16H17FN4O2S/c1-18-15-6-12-14(7-13(15)17)19-10-20-16(12)21-5-3-4-11(8-21)9-24(2,22)23/h6-7,10-11H,3-5,8-9H2,2H3. The fourth-order valence-electron chi connectivity index (χ4n) is 3.21. The van der Waals surface area contributed by atoms with E-state index in [2.05, 4.69) is 14.8 Å². The summed E-state index contributed by atoms with van der Waals surface area (Å²) in [6, 6.07) is 2.71. The van der Waals surface area contributed by atoms with Gasteiger partial charge in [-0.1, -0.05) is 0 Å². The Balaban J connectivity index is 1.98. The van der Waals surface area contributed by atoms with Gasteiger partial charge in [0.1, 0.15) is 27.8 Å². The van der Waals surface area contributed by atoms with Gasteiger partial charge in [0, 0.05) is 24.7 Å². The monoisotopic (exact) mass is 348 g/mol. The molecule has 126 valence electrons. The highest BCUT2D eigenvalue weighted by molar-refractivity contribution is 7.90. The summed E-state index contributed by atoms with van der Waals surface area (Å²) < 4.78 is 36.9. The highest BCUT2D eigenvalue weighted by atomic mass is 32.2. The van der Waals surface area contributed by atoms with Crippen molar-refractivity contribution in [3.05, 3.63) is 35.7 Å². The molecular formula is C16H17FN4O2S. The Labute approximate surface area is 140 Å². The SMILES string of the molecule is [C-]#[N+]c1cc2c(N3CCCC(CS(C)(=O)=O)C3)ncnc2cc1F. The number of nitrogens with zero attached hydrogens (tertiary/aromatic N) is 4. The molecule has 0 aliphatic carbocycles. The van der Waals surface area contributed by atoms with E-state index < -0.39 is 15.7 Å². The third-order valence-electron chi connectivity index (χ3n) is 4.16. The van der Waals surface area contributed by atoms with E-state index in [1.165, 1.54) is 24.7 Å². The average Bonchev–Trinajstić information content (AvgIpc) is 2.52. The molecule has 1 aromatic heterocycles. The van der Waals surface area contributed by atoms with Crippen LogP contribution in [0.5, 0.6) is 0 Å². The summed E-state index contributed by atoms with van der Waals surface area (Å²) >= 11 is 0. The van der Waals surface area contributed by atoms with E-state index in [1.807, 2.05) is 4.90 Å². The molecular weight excluding hydrogens is 331 g/mol. The molecule has 2 aromatic rings. The van der Waals surface area contributed by atoms with E-state index in [0.29, 0.717) is 23.3 Å². The van der Waals surface area contributed by atoms with E-state index in [1.54, 1.807) is 0 Å². The average molecular weight is 348 g/mol. The van der Waals surface area contributed by atoms with E-state index in [-0.39, 0.29) is 17.4 Å². The summed E-state index contributed by atoms with van der Waals surface area (Å²) in [7, 11) is -3.04. The van der Waals surface area contributed by atoms with E-state index in [0.717, 1.165) is 19.4 Å². The van der Waals surface area contributed by atoms with Crippen molar-refractivity contribution in [2.45, 2.75) is 12.8 Å². The molecule has 1 saturated heterocycles. The maximum absolute atomic E-state index is 13.8. The molecule has 1 aliphatic heterocycles. The van der Waals surface area contributed by atoms with Crippen LogP contribution in [0.1, 0.15) is 12.8 Å². The van der Waals surface area contributed by atoms with Crippen molar-refractivity contribution in [1.82, 2.24) is 9.97 Å². The first-order chi connectivity index (χ1) is 11.4. The molecule has 0 N–H and O–H groups in total. The van der Waals surface area contributed by atoms with Gasteiger partial charge < -0.3 is 4.90 Å². The molecule has 0 bridgehead atoms. The van der Waals surface area contributed by atoms with Gasteiger partial charge in [-0.25, -0.2) is 27.6 Å². The number of anilines is 1. The summed E-state index contributed by atoms with van der Waals surface area (Å²) in [6.07, 6.45) is 4.34. The van der Waals surface area contributed by atoms with Gasteiger partial charge in [0.15, 0.2) is 0 Å². The Morgan fingerprint density at radius 1 is 1.42 bits per heavy atom. The lowest BCUT2D eigenvalue weighted by molar-refractivity contribution is 0.443. The summed E-state index contributed by atoms with van der Waals surface area (Å²) in [5, 5.41) is 0.616. The second-order valence-electron chi connectivity index (χ2n) is 6.18. The molecule has 3 rings (SSSR count). The summed E-state index contributed by atoms with van der Waals surface area (Å²) in [5.41, 5.74) is 0.374. The Morgan fingerprint density at radius 3 is 2.92 bits per heavy atom. The number of rotatable bonds is 3. The number of halogens is 1. The Kier molecular flexibility index (Phi) is 4.37. The van der Waals surface area contributed by atoms with Gasteiger partial charge in [-0.15, -0.1) is 0 Å². The molecule has 1 atom stereocenters. The molecule has 0 amide bonds. The van der Waals surface area contributed by atoms with Gasteiger partial charge in [0.25, 0.3) is 0 Å². The first-order valence-electron chi connectivity index (χ1n) is 7.62. The lowest BCUT2D eigenvalue weighted by Crippen LogP contribution is -2.38. The topological polar surface area (TPSA) is 67.5 Å². The molecule has 1 aromatic carbocycles. The smallest absolute Gasteiger partial charge is 0.222 e. The van der Waals surface area contributed by atoms with Crippen molar-refractivity contribution in [3.63, 3.8) is 0 Å². The lowest BCUT2D eigenvalue weighted by Gasteiger charge is -2.33. The molecule has 0 spiro atoms. The maximum Gasteiger partial charge on any atom is 0.222 e. The largest absolute Gasteiger partial charge is 0.356 e. The van der Waals surface area contributed by atoms with Crippen LogP contribution < -0.4 is 4.90 Å². The van der Waals surface area contributed by atoms with Gasteiger partial charge in [0.2, 0.25) is 5.69 Å². The zero-order valence-corrected chi connectivity index (χ0v) is 14.1. The van der Waals surface area contributed by atoms with E-state index in [9.17, 15) is 12.8 Å². The fourth-order valence-corrected chi connectivity index (χ4v) is 4.34. The predicted octanol–water partition coefficient (Wildman–Crippen LogP) is 2.58. The minimum atomic E-state index is -3.04. The molecule has 24 heavy (non-hydrogen) atoms. The number of aromatic nitrogens is 2. The second kappa shape index (κ2) is 6.32. The second-order valence-corrected chi connectivity index (χ2v) is 8.36. The number of hydrogen-bond acceptors (Lipinski definition) is 5. The van der Waals surface area contributed by atoms with Crippen LogP contribution in [0.15, 0.2) is 18.5 Å². The van der Waals surface area contributed by atoms with Crippen molar-refractivity contribution < 1.29 is 12.8 Å². The minimum Gasteiger partial charge on any atom is -0.356 e. The molecule has 6 nitrogen and oxygen atoms in total. The fraction of sp³-hybridized carbons (Fsp3) is 0.438. The van der Waals surface area contributed by atoms with Gasteiger partial charge in [-0.05, 0) is 30.9 Å². The van der Waals surface area contributed by atoms with Crippen molar-refractivity contribution in [2.24, 2.45) is 5.92 Å². The number of piperidine rings is 1. The van der Waals surface area contributed by atoms with Crippen molar-refractivity contribution in [2.75, 3.05) is 30.0 Å². The third-order valence-corrected chi connectivity index (χ3v) is 5.24. The van der Waals surface area contributed by atoms with Gasteiger partial charge in [0.05, 0.1) is 17.8 Å². The van der Waals surface area contributed by atoms with Crippen LogP contribution in [-0.2, 0) is 9.84 Å². The molecule has 1 fully saturated rings. The zero-order chi connectivity index (χ0) is 17.3. The number of hydrogen-bond donors (Lipinski definition) is 0. The lowest BCUT2D eigenvalue weighted by atomic mass is 9.99. The molecule has 8 heteroatoms. The van der Waals surface area contributed by atoms with Gasteiger partial charge >= 0.3 is 0 Å². The number of benzene rings is 1. The molecule has 0 saturated carbocycles. The first-order valence-corrected chi connectivity index (χ1v) is 9.68. The molecule has 2 heterocycles. The zero-order valence-electron chi connectivity index (χ0n) is 13.2. The van der Waals surface area contributed by atoms with E-state index >= 15 is 0 Å².